The number of hydrogen-bond acceptors (Lipinski definition) is 6. The SMILES string of the molecule is CCOC(=O)Cc1csc(=S)n1CN(C)Cc1ccc2cc(OC)ccc2c1. The zero-order valence-corrected chi connectivity index (χ0v) is 17.9. The second kappa shape index (κ2) is 9.32. The molecule has 0 N–H and O–H groups in total. The van der Waals surface area contributed by atoms with Crippen LogP contribution in [-0.2, 0) is 29.2 Å². The van der Waals surface area contributed by atoms with Gasteiger partial charge in [0, 0.05) is 17.6 Å². The van der Waals surface area contributed by atoms with Crippen LogP contribution in [0.2, 0.25) is 0 Å². The minimum absolute atomic E-state index is 0.225. The summed E-state index contributed by atoms with van der Waals surface area (Å²) in [6.07, 6.45) is 0.243. The first-order valence-corrected chi connectivity index (χ1v) is 10.4. The molecule has 5 nitrogen and oxygen atoms in total. The number of fused-ring (bicyclic) bond motifs is 1. The van der Waals surface area contributed by atoms with E-state index in [2.05, 4.69) is 29.2 Å². The van der Waals surface area contributed by atoms with E-state index in [1.807, 2.05) is 36.1 Å². The molecule has 0 aliphatic rings. The average molecular weight is 417 g/mol. The molecule has 0 saturated heterocycles. The Morgan fingerprint density at radius 1 is 1.21 bits per heavy atom. The van der Waals surface area contributed by atoms with E-state index in [1.165, 1.54) is 22.3 Å². The maximum atomic E-state index is 11.8. The predicted octanol–water partition coefficient (Wildman–Crippen LogP) is 4.64. The van der Waals surface area contributed by atoms with Crippen LogP contribution in [0.25, 0.3) is 10.8 Å². The van der Waals surface area contributed by atoms with Gasteiger partial charge in [-0.15, -0.1) is 11.3 Å². The van der Waals surface area contributed by atoms with Gasteiger partial charge >= 0.3 is 5.97 Å². The van der Waals surface area contributed by atoms with Crippen molar-refractivity contribution in [3.8, 4) is 5.75 Å². The van der Waals surface area contributed by atoms with Gasteiger partial charge in [0.05, 0.1) is 26.8 Å². The van der Waals surface area contributed by atoms with E-state index >= 15 is 0 Å². The molecule has 0 aliphatic carbocycles. The van der Waals surface area contributed by atoms with Gasteiger partial charge in [-0.3, -0.25) is 9.69 Å². The second-order valence-electron chi connectivity index (χ2n) is 6.61. The molecule has 1 aromatic heterocycles. The van der Waals surface area contributed by atoms with Crippen LogP contribution >= 0.6 is 23.6 Å². The summed E-state index contributed by atoms with van der Waals surface area (Å²) in [4.78, 5) is 14.0. The molecule has 148 valence electrons. The van der Waals surface area contributed by atoms with Gasteiger partial charge in [-0.05, 0) is 60.7 Å². The van der Waals surface area contributed by atoms with Crippen molar-refractivity contribution in [3.63, 3.8) is 0 Å². The zero-order valence-electron chi connectivity index (χ0n) is 16.3. The molecule has 2 aromatic carbocycles. The van der Waals surface area contributed by atoms with Crippen LogP contribution in [0.3, 0.4) is 0 Å². The molecular formula is C21H24N2O3S2. The minimum atomic E-state index is -0.225. The molecule has 0 atom stereocenters. The van der Waals surface area contributed by atoms with Crippen molar-refractivity contribution in [1.29, 1.82) is 0 Å². The Morgan fingerprint density at radius 2 is 1.96 bits per heavy atom. The average Bonchev–Trinajstić information content (AvgIpc) is 3.01. The molecule has 1 heterocycles. The summed E-state index contributed by atoms with van der Waals surface area (Å²) < 4.78 is 13.1. The van der Waals surface area contributed by atoms with Crippen LogP contribution in [0.15, 0.2) is 41.8 Å². The van der Waals surface area contributed by atoms with Gasteiger partial charge in [-0.2, -0.15) is 0 Å². The Morgan fingerprint density at radius 3 is 2.71 bits per heavy atom. The smallest absolute Gasteiger partial charge is 0.311 e. The maximum absolute atomic E-state index is 11.8. The highest BCUT2D eigenvalue weighted by atomic mass is 32.1. The molecule has 7 heteroatoms. The molecule has 0 aliphatic heterocycles. The van der Waals surface area contributed by atoms with Crippen LogP contribution in [0.5, 0.6) is 5.75 Å². The van der Waals surface area contributed by atoms with Gasteiger partial charge in [-0.1, -0.05) is 18.2 Å². The molecular weight excluding hydrogens is 392 g/mol. The quantitative estimate of drug-likeness (QED) is 0.395. The van der Waals surface area contributed by atoms with Gasteiger partial charge < -0.3 is 14.0 Å². The van der Waals surface area contributed by atoms with E-state index in [-0.39, 0.29) is 12.4 Å². The number of methoxy groups -OCH3 is 1. The van der Waals surface area contributed by atoms with E-state index in [0.717, 1.165) is 27.3 Å². The molecule has 3 rings (SSSR count). The van der Waals surface area contributed by atoms with Gasteiger partial charge in [-0.25, -0.2) is 0 Å². The number of benzene rings is 2. The largest absolute Gasteiger partial charge is 0.497 e. The van der Waals surface area contributed by atoms with Gasteiger partial charge in [0.15, 0.2) is 3.95 Å². The van der Waals surface area contributed by atoms with E-state index in [9.17, 15) is 4.79 Å². The highest BCUT2D eigenvalue weighted by Crippen LogP contribution is 2.22. The number of carbonyl (C=O) groups is 1. The molecule has 0 spiro atoms. The summed E-state index contributed by atoms with van der Waals surface area (Å²) in [5.41, 5.74) is 2.11. The number of nitrogens with zero attached hydrogens (tertiary/aromatic N) is 2. The van der Waals surface area contributed by atoms with Crippen LogP contribution in [0.4, 0.5) is 0 Å². The Labute approximate surface area is 174 Å². The lowest BCUT2D eigenvalue weighted by Gasteiger charge is -2.19. The van der Waals surface area contributed by atoms with E-state index < -0.39 is 0 Å². The Kier molecular flexibility index (Phi) is 6.83. The van der Waals surface area contributed by atoms with Crippen molar-refractivity contribution in [1.82, 2.24) is 9.47 Å². The highest BCUT2D eigenvalue weighted by Gasteiger charge is 2.12. The van der Waals surface area contributed by atoms with Crippen LogP contribution in [0, 0.1) is 3.95 Å². The number of ether oxygens (including phenoxy) is 2. The summed E-state index contributed by atoms with van der Waals surface area (Å²) in [7, 11) is 3.72. The standard InChI is InChI=1S/C21H24N2O3S2/c1-4-26-20(24)11-18-13-28-21(27)23(18)14-22(2)12-15-5-6-17-10-19(25-3)8-7-16(17)9-15/h5-10,13H,4,11-12,14H2,1-3H3. The van der Waals surface area contributed by atoms with Crippen molar-refractivity contribution in [3.05, 3.63) is 57.0 Å². The van der Waals surface area contributed by atoms with Crippen molar-refractivity contribution in [2.45, 2.75) is 26.6 Å². The normalized spacial score (nSPS) is 11.1. The lowest BCUT2D eigenvalue weighted by molar-refractivity contribution is -0.142. The molecule has 0 unspecified atom stereocenters. The first-order valence-electron chi connectivity index (χ1n) is 9.08. The maximum Gasteiger partial charge on any atom is 0.311 e. The highest BCUT2D eigenvalue weighted by molar-refractivity contribution is 7.73. The van der Waals surface area contributed by atoms with Crippen molar-refractivity contribution < 1.29 is 14.3 Å². The van der Waals surface area contributed by atoms with Crippen molar-refractivity contribution in [2.75, 3.05) is 20.8 Å². The first-order chi connectivity index (χ1) is 13.5. The first kappa shape index (κ1) is 20.5. The summed E-state index contributed by atoms with van der Waals surface area (Å²) in [6, 6.07) is 12.5. The van der Waals surface area contributed by atoms with Gasteiger partial charge in [0.2, 0.25) is 0 Å². The van der Waals surface area contributed by atoms with Crippen molar-refractivity contribution >= 4 is 40.3 Å². The summed E-state index contributed by atoms with van der Waals surface area (Å²) in [5.74, 6) is 0.634. The number of hydrogen-bond donors (Lipinski definition) is 0. The summed E-state index contributed by atoms with van der Waals surface area (Å²) in [5, 5.41) is 4.28. The monoisotopic (exact) mass is 416 g/mol. The van der Waals surface area contributed by atoms with E-state index in [4.69, 9.17) is 21.7 Å². The number of carbonyl (C=O) groups excluding carboxylic acids is 1. The van der Waals surface area contributed by atoms with Crippen LogP contribution in [-0.4, -0.2) is 36.2 Å². The Bertz CT molecular complexity index is 1030. The van der Waals surface area contributed by atoms with E-state index in [0.29, 0.717) is 13.3 Å². The minimum Gasteiger partial charge on any atom is -0.497 e. The Balaban J connectivity index is 1.71. The fraction of sp³-hybridized carbons (Fsp3) is 0.333. The zero-order chi connectivity index (χ0) is 20.1. The molecule has 0 fully saturated rings. The molecule has 0 radical (unpaired) electrons. The Hall–Kier alpha value is -2.22. The fourth-order valence-corrected chi connectivity index (χ4v) is 4.18. The lowest BCUT2D eigenvalue weighted by Crippen LogP contribution is -2.23. The topological polar surface area (TPSA) is 43.7 Å². The van der Waals surface area contributed by atoms with Crippen LogP contribution < -0.4 is 4.74 Å². The third-order valence-electron chi connectivity index (χ3n) is 4.44. The lowest BCUT2D eigenvalue weighted by atomic mass is 10.1. The summed E-state index contributed by atoms with van der Waals surface area (Å²) >= 11 is 6.93. The number of rotatable bonds is 8. The fourth-order valence-electron chi connectivity index (χ4n) is 3.11. The molecule has 28 heavy (non-hydrogen) atoms. The van der Waals surface area contributed by atoms with E-state index in [1.54, 1.807) is 7.11 Å². The van der Waals surface area contributed by atoms with Crippen LogP contribution in [0.1, 0.15) is 18.2 Å². The molecule has 0 bridgehead atoms. The van der Waals surface area contributed by atoms with Crippen molar-refractivity contribution in [2.24, 2.45) is 0 Å². The number of esters is 1. The third kappa shape index (κ3) is 4.98. The number of thiazole rings is 1. The molecule has 0 saturated carbocycles. The number of aromatic nitrogens is 1. The van der Waals surface area contributed by atoms with Gasteiger partial charge in [0.25, 0.3) is 0 Å². The second-order valence-corrected chi connectivity index (χ2v) is 8.11. The summed E-state index contributed by atoms with van der Waals surface area (Å²) in [6.45, 7) is 3.60. The predicted molar refractivity (Wildman–Crippen MR) is 115 cm³/mol. The molecule has 0 amide bonds. The third-order valence-corrected chi connectivity index (χ3v) is 5.76. The molecule has 3 aromatic rings. The van der Waals surface area contributed by atoms with Gasteiger partial charge in [0.1, 0.15) is 5.75 Å².